The first-order chi connectivity index (χ1) is 9.60. The average Bonchev–Trinajstić information content (AvgIpc) is 2.47. The van der Waals surface area contributed by atoms with Gasteiger partial charge in [0.05, 0.1) is 18.2 Å². The Morgan fingerprint density at radius 2 is 2.00 bits per heavy atom. The number of nitrogens with one attached hydrogen (secondary N) is 1. The van der Waals surface area contributed by atoms with Crippen LogP contribution in [0.4, 0.5) is 11.5 Å². The molecule has 0 spiro atoms. The molecule has 0 bridgehead atoms. The van der Waals surface area contributed by atoms with Crippen LogP contribution in [0.1, 0.15) is 20.7 Å². The van der Waals surface area contributed by atoms with Crippen LogP contribution in [0.2, 0.25) is 0 Å². The number of amides is 1. The van der Waals surface area contributed by atoms with Crippen molar-refractivity contribution < 1.29 is 14.3 Å². The number of ether oxygens (including phenoxy) is 1. The maximum absolute atomic E-state index is 11.4. The second-order valence-corrected chi connectivity index (χ2v) is 3.99. The first-order valence-electron chi connectivity index (χ1n) is 5.81. The van der Waals surface area contributed by atoms with Crippen molar-refractivity contribution in [2.45, 2.75) is 0 Å². The van der Waals surface area contributed by atoms with Gasteiger partial charge in [-0.25, -0.2) is 9.78 Å². The number of nitrogens with two attached hydrogens (primary N) is 1. The normalized spacial score (nSPS) is 9.85. The van der Waals surface area contributed by atoms with Crippen molar-refractivity contribution in [3.63, 3.8) is 0 Å². The van der Waals surface area contributed by atoms with Crippen LogP contribution < -0.4 is 11.1 Å². The highest BCUT2D eigenvalue weighted by Crippen LogP contribution is 2.16. The van der Waals surface area contributed by atoms with E-state index < -0.39 is 11.9 Å². The molecule has 0 unspecified atom stereocenters. The predicted molar refractivity (Wildman–Crippen MR) is 73.8 cm³/mol. The molecular formula is C14H13N3O3. The van der Waals surface area contributed by atoms with Crippen molar-refractivity contribution in [2.24, 2.45) is 5.73 Å². The van der Waals surface area contributed by atoms with E-state index in [9.17, 15) is 9.59 Å². The highest BCUT2D eigenvalue weighted by molar-refractivity contribution is 5.92. The molecule has 0 saturated carbocycles. The summed E-state index contributed by atoms with van der Waals surface area (Å²) in [5.41, 5.74) is 6.59. The molecule has 20 heavy (non-hydrogen) atoms. The Bertz CT molecular complexity index is 638. The molecule has 0 aliphatic rings. The van der Waals surface area contributed by atoms with Gasteiger partial charge in [-0.1, -0.05) is 6.07 Å². The molecule has 2 aromatic rings. The number of nitrogens with zero attached hydrogens (tertiary/aromatic N) is 1. The smallest absolute Gasteiger partial charge is 0.337 e. The minimum atomic E-state index is -0.531. The van der Waals surface area contributed by atoms with E-state index in [1.54, 1.807) is 36.4 Å². The predicted octanol–water partition coefficient (Wildman–Crippen LogP) is 1.71. The molecule has 0 saturated heterocycles. The van der Waals surface area contributed by atoms with E-state index in [0.29, 0.717) is 22.6 Å². The van der Waals surface area contributed by atoms with E-state index in [4.69, 9.17) is 5.73 Å². The molecule has 1 amide bonds. The minimum Gasteiger partial charge on any atom is -0.465 e. The number of esters is 1. The molecule has 0 aliphatic carbocycles. The molecule has 0 aliphatic heterocycles. The Morgan fingerprint density at radius 3 is 2.60 bits per heavy atom. The molecule has 0 radical (unpaired) electrons. The van der Waals surface area contributed by atoms with Crippen LogP contribution in [-0.2, 0) is 4.74 Å². The van der Waals surface area contributed by atoms with Crippen molar-refractivity contribution in [1.82, 2.24) is 4.98 Å². The lowest BCUT2D eigenvalue weighted by molar-refractivity contribution is 0.0600. The second kappa shape index (κ2) is 5.83. The van der Waals surface area contributed by atoms with Crippen LogP contribution in [0.5, 0.6) is 0 Å². The highest BCUT2D eigenvalue weighted by atomic mass is 16.5. The zero-order valence-electron chi connectivity index (χ0n) is 10.8. The summed E-state index contributed by atoms with van der Waals surface area (Å²) in [5.74, 6) is -0.403. The number of pyridine rings is 1. The van der Waals surface area contributed by atoms with Gasteiger partial charge in [0.25, 0.3) is 0 Å². The zero-order valence-corrected chi connectivity index (χ0v) is 10.8. The summed E-state index contributed by atoms with van der Waals surface area (Å²) in [6, 6.07) is 10.0. The third kappa shape index (κ3) is 3.11. The maximum atomic E-state index is 11.4. The van der Waals surface area contributed by atoms with Crippen LogP contribution >= 0.6 is 0 Å². The molecule has 2 rings (SSSR count). The van der Waals surface area contributed by atoms with Crippen LogP contribution in [0.3, 0.4) is 0 Å². The van der Waals surface area contributed by atoms with E-state index in [1.165, 1.54) is 13.3 Å². The number of hydrogen-bond acceptors (Lipinski definition) is 5. The second-order valence-electron chi connectivity index (χ2n) is 3.99. The van der Waals surface area contributed by atoms with Gasteiger partial charge in [-0.2, -0.15) is 0 Å². The largest absolute Gasteiger partial charge is 0.465 e. The first kappa shape index (κ1) is 13.5. The molecule has 6 nitrogen and oxygen atoms in total. The van der Waals surface area contributed by atoms with Crippen molar-refractivity contribution in [3.05, 3.63) is 53.7 Å². The Hall–Kier alpha value is -2.89. The molecule has 102 valence electrons. The molecule has 1 heterocycles. The summed E-state index contributed by atoms with van der Waals surface area (Å²) in [6.45, 7) is 0. The number of carbonyl (C=O) groups excluding carboxylic acids is 2. The quantitative estimate of drug-likeness (QED) is 0.825. The van der Waals surface area contributed by atoms with Crippen LogP contribution in [0, 0.1) is 0 Å². The lowest BCUT2D eigenvalue weighted by Gasteiger charge is -2.07. The molecule has 3 N–H and O–H groups in total. The molecule has 0 atom stereocenters. The topological polar surface area (TPSA) is 94.3 Å². The van der Waals surface area contributed by atoms with Gasteiger partial charge in [0.15, 0.2) is 0 Å². The molecule has 1 aromatic carbocycles. The molecule has 0 fully saturated rings. The summed E-state index contributed by atoms with van der Waals surface area (Å²) in [5, 5.41) is 3.02. The van der Waals surface area contributed by atoms with Gasteiger partial charge in [-0.05, 0) is 30.3 Å². The summed E-state index contributed by atoms with van der Waals surface area (Å²) in [7, 11) is 1.33. The number of carbonyl (C=O) groups is 2. The van der Waals surface area contributed by atoms with Crippen molar-refractivity contribution >= 4 is 23.4 Å². The number of anilines is 2. The van der Waals surface area contributed by atoms with E-state index >= 15 is 0 Å². The van der Waals surface area contributed by atoms with Gasteiger partial charge in [0.2, 0.25) is 5.91 Å². The monoisotopic (exact) mass is 271 g/mol. The standard InChI is InChI=1S/C14H13N3O3/c1-20-14(19)9-3-2-4-11(7-9)17-12-6-5-10(8-16-12)13(15)18/h2-8H,1H3,(H2,15,18)(H,16,17). The lowest BCUT2D eigenvalue weighted by atomic mass is 10.2. The van der Waals surface area contributed by atoms with Gasteiger partial charge in [-0.15, -0.1) is 0 Å². The number of benzene rings is 1. The lowest BCUT2D eigenvalue weighted by Crippen LogP contribution is -2.11. The number of methoxy groups -OCH3 is 1. The fraction of sp³-hybridized carbons (Fsp3) is 0.0714. The van der Waals surface area contributed by atoms with Crippen LogP contribution in [0.25, 0.3) is 0 Å². The van der Waals surface area contributed by atoms with Crippen LogP contribution in [0.15, 0.2) is 42.6 Å². The fourth-order valence-corrected chi connectivity index (χ4v) is 1.60. The Balaban J connectivity index is 2.17. The first-order valence-corrected chi connectivity index (χ1v) is 5.81. The summed E-state index contributed by atoms with van der Waals surface area (Å²) in [4.78, 5) is 26.4. The maximum Gasteiger partial charge on any atom is 0.337 e. The van der Waals surface area contributed by atoms with Gasteiger partial charge in [0, 0.05) is 11.9 Å². The minimum absolute atomic E-state index is 0.332. The Morgan fingerprint density at radius 1 is 1.20 bits per heavy atom. The Labute approximate surface area is 115 Å². The van der Waals surface area contributed by atoms with E-state index in [0.717, 1.165) is 0 Å². The molecular weight excluding hydrogens is 258 g/mol. The third-order valence-corrected chi connectivity index (χ3v) is 2.60. The molecule has 6 heteroatoms. The van der Waals surface area contributed by atoms with Gasteiger partial charge >= 0.3 is 5.97 Å². The zero-order chi connectivity index (χ0) is 14.5. The van der Waals surface area contributed by atoms with E-state index in [-0.39, 0.29) is 0 Å². The van der Waals surface area contributed by atoms with Gasteiger partial charge < -0.3 is 15.8 Å². The average molecular weight is 271 g/mol. The molecule has 1 aromatic heterocycles. The van der Waals surface area contributed by atoms with Crippen molar-refractivity contribution in [3.8, 4) is 0 Å². The van der Waals surface area contributed by atoms with Gasteiger partial charge in [0.1, 0.15) is 5.82 Å². The third-order valence-electron chi connectivity index (χ3n) is 2.60. The number of aromatic nitrogens is 1. The van der Waals surface area contributed by atoms with Crippen LogP contribution in [-0.4, -0.2) is 24.0 Å². The van der Waals surface area contributed by atoms with E-state index in [2.05, 4.69) is 15.0 Å². The highest BCUT2D eigenvalue weighted by Gasteiger charge is 2.06. The summed E-state index contributed by atoms with van der Waals surface area (Å²) >= 11 is 0. The summed E-state index contributed by atoms with van der Waals surface area (Å²) < 4.78 is 4.65. The van der Waals surface area contributed by atoms with E-state index in [1.807, 2.05) is 0 Å². The fourth-order valence-electron chi connectivity index (χ4n) is 1.60. The number of primary amides is 1. The number of hydrogen-bond donors (Lipinski definition) is 2. The SMILES string of the molecule is COC(=O)c1cccc(Nc2ccc(C(N)=O)cn2)c1. The van der Waals surface area contributed by atoms with Crippen molar-refractivity contribution in [2.75, 3.05) is 12.4 Å². The Kier molecular flexibility index (Phi) is 3.95. The van der Waals surface area contributed by atoms with Crippen molar-refractivity contribution in [1.29, 1.82) is 0 Å². The summed E-state index contributed by atoms with van der Waals surface area (Å²) in [6.07, 6.45) is 1.38. The van der Waals surface area contributed by atoms with Gasteiger partial charge in [-0.3, -0.25) is 4.79 Å². The number of rotatable bonds is 4.